The predicted octanol–water partition coefficient (Wildman–Crippen LogP) is 3.23. The highest BCUT2D eigenvalue weighted by Crippen LogP contribution is 2.33. The zero-order valence-corrected chi connectivity index (χ0v) is 8.82. The van der Waals surface area contributed by atoms with E-state index in [1.54, 1.807) is 10.8 Å². The Balaban J connectivity index is 2.19. The molecule has 1 heterocycles. The van der Waals surface area contributed by atoms with Crippen LogP contribution in [0.2, 0.25) is 11.1 Å². The Morgan fingerprint density at radius 3 is 2.58 bits per heavy atom. The number of benzene rings is 1. The van der Waals surface area contributed by atoms with Crippen LogP contribution in [0.4, 0.5) is 0 Å². The van der Waals surface area contributed by atoms with Crippen molar-refractivity contribution in [1.29, 1.82) is 0 Å². The first-order valence-electron chi connectivity index (χ1n) is 4.93. The van der Waals surface area contributed by atoms with Gasteiger partial charge in [0.05, 0.1) is 0 Å². The summed E-state index contributed by atoms with van der Waals surface area (Å²) in [5, 5.41) is 1.56. The van der Waals surface area contributed by atoms with Crippen LogP contribution in [-0.4, -0.2) is 14.1 Å². The standard InChI is InChI=1S/C10H12.CH3.Al/c1-2-3-7-10-8-5-4-6-9-10;;/h4-9H,1-3H2;1H3;. The largest absolute Gasteiger partial charge is 0.268 e. The van der Waals surface area contributed by atoms with E-state index in [1.807, 2.05) is 0 Å². The Kier molecular flexibility index (Phi) is 2.54. The molecule has 12 heavy (non-hydrogen) atoms. The monoisotopic (exact) mass is 174 g/mol. The van der Waals surface area contributed by atoms with Crippen LogP contribution in [0.1, 0.15) is 23.2 Å². The van der Waals surface area contributed by atoms with E-state index in [4.69, 9.17) is 0 Å². The first kappa shape index (κ1) is 8.36. The maximum atomic E-state index is 2.52. The van der Waals surface area contributed by atoms with Gasteiger partial charge in [0.2, 0.25) is 0 Å². The third-order valence-corrected chi connectivity index (χ3v) is 6.50. The van der Waals surface area contributed by atoms with Gasteiger partial charge in [0.1, 0.15) is 0 Å². The minimum Gasteiger partial charge on any atom is -0.105 e. The van der Waals surface area contributed by atoms with Gasteiger partial charge >= 0.3 is 0 Å². The average molecular weight is 174 g/mol. The fourth-order valence-corrected chi connectivity index (χ4v) is 5.31. The molecule has 1 fully saturated rings. The molecule has 2 rings (SSSR count). The lowest BCUT2D eigenvalue weighted by molar-refractivity contribution is 0.820. The normalized spacial score (nSPS) is 23.1. The lowest BCUT2D eigenvalue weighted by atomic mass is 10.1. The van der Waals surface area contributed by atoms with Gasteiger partial charge in [0, 0.05) is 0 Å². The molecule has 0 bridgehead atoms. The fourth-order valence-electron chi connectivity index (χ4n) is 2.34. The molecule has 0 amide bonds. The van der Waals surface area contributed by atoms with Crippen molar-refractivity contribution in [3.05, 3.63) is 35.9 Å². The molecule has 62 valence electrons. The van der Waals surface area contributed by atoms with Crippen molar-refractivity contribution in [2.45, 2.75) is 28.7 Å². The van der Waals surface area contributed by atoms with E-state index >= 15 is 0 Å². The molecule has 1 atom stereocenters. The zero-order chi connectivity index (χ0) is 8.39. The van der Waals surface area contributed by atoms with Crippen molar-refractivity contribution in [1.82, 2.24) is 0 Å². The minimum absolute atomic E-state index is 0.391. The molecular weight excluding hydrogens is 159 g/mol. The second kappa shape index (κ2) is 3.64. The van der Waals surface area contributed by atoms with Gasteiger partial charge < -0.3 is 0 Å². The Labute approximate surface area is 79.0 Å². The van der Waals surface area contributed by atoms with E-state index in [-0.39, 0.29) is 0 Å². The molecule has 0 saturated carbocycles. The second-order valence-electron chi connectivity index (χ2n) is 3.93. The molecule has 1 aliphatic heterocycles. The summed E-state index contributed by atoms with van der Waals surface area (Å²) in [6.45, 7) is 0. The topological polar surface area (TPSA) is 0 Å². The van der Waals surface area contributed by atoms with Gasteiger partial charge in [-0.05, 0) is 0 Å². The van der Waals surface area contributed by atoms with Gasteiger partial charge in [0.15, 0.2) is 0 Å². The molecule has 0 spiro atoms. The van der Waals surface area contributed by atoms with Crippen molar-refractivity contribution in [3.63, 3.8) is 0 Å². The van der Waals surface area contributed by atoms with Crippen LogP contribution in [0.15, 0.2) is 30.3 Å². The van der Waals surface area contributed by atoms with Gasteiger partial charge in [-0.2, -0.15) is 0 Å². The van der Waals surface area contributed by atoms with Crippen molar-refractivity contribution in [2.24, 2.45) is 0 Å². The summed E-state index contributed by atoms with van der Waals surface area (Å²) in [4.78, 5) is 0. The maximum Gasteiger partial charge on any atom is 0.268 e. The van der Waals surface area contributed by atoms with Gasteiger partial charge in [-0.25, -0.2) is 0 Å². The van der Waals surface area contributed by atoms with Crippen LogP contribution in [0, 0.1) is 0 Å². The number of rotatable bonds is 1. The summed E-state index contributed by atoms with van der Waals surface area (Å²) in [5.41, 5.74) is 1.61. The Morgan fingerprint density at radius 1 is 1.25 bits per heavy atom. The Hall–Kier alpha value is -0.248. The molecule has 1 unspecified atom stereocenters. The summed E-state index contributed by atoms with van der Waals surface area (Å²) in [5.74, 6) is 2.52. The third-order valence-electron chi connectivity index (χ3n) is 3.09. The molecule has 0 nitrogen and oxygen atoms in total. The fraction of sp³-hybridized carbons (Fsp3) is 0.455. The van der Waals surface area contributed by atoms with Gasteiger partial charge in [0.25, 0.3) is 14.1 Å². The molecule has 1 saturated heterocycles. The highest BCUT2D eigenvalue weighted by molar-refractivity contribution is 6.59. The van der Waals surface area contributed by atoms with E-state index in [0.717, 1.165) is 4.78 Å². The lowest BCUT2D eigenvalue weighted by Crippen LogP contribution is -2.11. The summed E-state index contributed by atoms with van der Waals surface area (Å²) < 4.78 is 0.978. The van der Waals surface area contributed by atoms with Gasteiger partial charge in [-0.1, -0.05) is 58.8 Å². The van der Waals surface area contributed by atoms with Crippen LogP contribution >= 0.6 is 0 Å². The van der Waals surface area contributed by atoms with Crippen molar-refractivity contribution >= 4 is 14.1 Å². The summed E-state index contributed by atoms with van der Waals surface area (Å²) in [7, 11) is 0. The predicted molar refractivity (Wildman–Crippen MR) is 54.8 cm³/mol. The average Bonchev–Trinajstić information content (AvgIpc) is 2.53. The van der Waals surface area contributed by atoms with Crippen LogP contribution < -0.4 is 0 Å². The van der Waals surface area contributed by atoms with Gasteiger partial charge in [-0.15, -0.1) is 5.79 Å². The number of hydrogen-bond donors (Lipinski definition) is 0. The quantitative estimate of drug-likeness (QED) is 0.573. The summed E-state index contributed by atoms with van der Waals surface area (Å²) >= 11 is -0.391. The smallest absolute Gasteiger partial charge is 0.105 e. The van der Waals surface area contributed by atoms with Crippen molar-refractivity contribution in [2.75, 3.05) is 0 Å². The zero-order valence-electron chi connectivity index (χ0n) is 7.66. The molecule has 1 heteroatoms. The molecule has 0 N–H and O–H groups in total. The van der Waals surface area contributed by atoms with E-state index in [1.165, 1.54) is 12.8 Å². The van der Waals surface area contributed by atoms with Crippen LogP contribution in [-0.2, 0) is 0 Å². The highest BCUT2D eigenvalue weighted by atomic mass is 27.2. The Morgan fingerprint density at radius 2 is 2.00 bits per heavy atom. The van der Waals surface area contributed by atoms with Crippen molar-refractivity contribution in [3.8, 4) is 0 Å². The molecule has 0 aliphatic carbocycles. The molecule has 1 aromatic carbocycles. The van der Waals surface area contributed by atoms with Crippen LogP contribution in [0.5, 0.6) is 0 Å². The Bertz CT molecular complexity index is 242. The molecule has 0 aromatic heterocycles. The molecular formula is C11H15Al. The van der Waals surface area contributed by atoms with Crippen molar-refractivity contribution < 1.29 is 0 Å². The van der Waals surface area contributed by atoms with E-state index in [9.17, 15) is 0 Å². The first-order chi connectivity index (χ1) is 5.88. The number of hydrogen-bond acceptors (Lipinski definition) is 0. The second-order valence-corrected chi connectivity index (χ2v) is 7.26. The van der Waals surface area contributed by atoms with Gasteiger partial charge in [-0.3, -0.25) is 0 Å². The maximum absolute atomic E-state index is 2.52. The van der Waals surface area contributed by atoms with E-state index in [0.29, 0.717) is 0 Å². The summed E-state index contributed by atoms with van der Waals surface area (Å²) in [6, 6.07) is 11.1. The van der Waals surface area contributed by atoms with Crippen LogP contribution in [0.25, 0.3) is 0 Å². The SMILES string of the molecule is [CH3][Al]1[CH2]CC[CH]1c1ccccc1. The molecule has 1 aromatic rings. The molecule has 1 aliphatic rings. The molecule has 0 radical (unpaired) electrons. The third kappa shape index (κ3) is 1.58. The van der Waals surface area contributed by atoms with Crippen LogP contribution in [0.3, 0.4) is 0 Å². The van der Waals surface area contributed by atoms with E-state index < -0.39 is 14.1 Å². The minimum atomic E-state index is -0.391. The first-order valence-corrected chi connectivity index (χ1v) is 7.56. The lowest BCUT2D eigenvalue weighted by Gasteiger charge is -2.11. The highest BCUT2D eigenvalue weighted by Gasteiger charge is 2.29. The summed E-state index contributed by atoms with van der Waals surface area (Å²) in [6.07, 6.45) is 2.93. The van der Waals surface area contributed by atoms with E-state index in [2.05, 4.69) is 36.1 Å².